The van der Waals surface area contributed by atoms with Gasteiger partial charge in [-0.25, -0.2) is 0 Å². The molecule has 2 heteroatoms. The molecule has 1 aliphatic heterocycles. The van der Waals surface area contributed by atoms with Gasteiger partial charge in [-0.3, -0.25) is 0 Å². The molecule has 0 atom stereocenters. The van der Waals surface area contributed by atoms with Crippen molar-refractivity contribution in [3.05, 3.63) is 0 Å². The highest BCUT2D eigenvalue weighted by molar-refractivity contribution is 4.90. The van der Waals surface area contributed by atoms with Crippen LogP contribution in [-0.2, 0) is 0 Å². The van der Waals surface area contributed by atoms with Crippen LogP contribution in [0.1, 0.15) is 64.7 Å². The second kappa shape index (κ2) is 6.91. The fourth-order valence-electron chi connectivity index (χ4n) is 3.84. The van der Waals surface area contributed by atoms with E-state index in [2.05, 4.69) is 24.2 Å². The summed E-state index contributed by atoms with van der Waals surface area (Å²) in [5.74, 6) is 1.01. The molecule has 0 spiro atoms. The van der Waals surface area contributed by atoms with Crippen LogP contribution in [0.5, 0.6) is 0 Å². The van der Waals surface area contributed by atoms with Gasteiger partial charge in [0, 0.05) is 5.54 Å². The van der Waals surface area contributed by atoms with Crippen molar-refractivity contribution in [1.29, 1.82) is 0 Å². The Kier molecular flexibility index (Phi) is 5.50. The first kappa shape index (κ1) is 14.3. The van der Waals surface area contributed by atoms with E-state index in [0.29, 0.717) is 5.54 Å². The summed E-state index contributed by atoms with van der Waals surface area (Å²) in [5.41, 5.74) is 0.472. The molecule has 1 saturated carbocycles. The normalized spacial score (nSPS) is 26.3. The van der Waals surface area contributed by atoms with Crippen molar-refractivity contribution < 1.29 is 0 Å². The van der Waals surface area contributed by atoms with Gasteiger partial charge < -0.3 is 10.2 Å². The number of likely N-dealkylation sites (tertiary alicyclic amines) is 1. The van der Waals surface area contributed by atoms with Crippen molar-refractivity contribution in [3.63, 3.8) is 0 Å². The predicted molar refractivity (Wildman–Crippen MR) is 78.9 cm³/mol. The molecule has 18 heavy (non-hydrogen) atoms. The zero-order chi connectivity index (χ0) is 12.8. The lowest BCUT2D eigenvalue weighted by molar-refractivity contribution is 0.144. The van der Waals surface area contributed by atoms with E-state index in [1.807, 2.05) is 0 Å². The van der Waals surface area contributed by atoms with Crippen LogP contribution < -0.4 is 5.32 Å². The van der Waals surface area contributed by atoms with Gasteiger partial charge in [-0.1, -0.05) is 32.6 Å². The Hall–Kier alpha value is -0.0800. The molecule has 1 N–H and O–H groups in total. The van der Waals surface area contributed by atoms with E-state index < -0.39 is 0 Å². The minimum absolute atomic E-state index is 0.472. The topological polar surface area (TPSA) is 15.3 Å². The first-order chi connectivity index (χ1) is 8.78. The molecule has 0 aromatic rings. The fraction of sp³-hybridized carbons (Fsp3) is 1.00. The van der Waals surface area contributed by atoms with Crippen molar-refractivity contribution in [2.45, 2.75) is 70.3 Å². The molecule has 2 fully saturated rings. The molecule has 0 aromatic heterocycles. The first-order valence-corrected chi connectivity index (χ1v) is 8.19. The summed E-state index contributed by atoms with van der Waals surface area (Å²) in [6.45, 7) is 6.35. The first-order valence-electron chi connectivity index (χ1n) is 8.19. The summed E-state index contributed by atoms with van der Waals surface area (Å²) in [7, 11) is 2.18. The SMILES string of the molecule is CCC1CCN(CCC2(NC)CCCCC2)CC1. The van der Waals surface area contributed by atoms with Crippen LogP contribution in [0.3, 0.4) is 0 Å². The van der Waals surface area contributed by atoms with Gasteiger partial charge in [0.2, 0.25) is 0 Å². The lowest BCUT2D eigenvalue weighted by Gasteiger charge is -2.40. The molecule has 2 nitrogen and oxygen atoms in total. The van der Waals surface area contributed by atoms with E-state index in [9.17, 15) is 0 Å². The van der Waals surface area contributed by atoms with E-state index in [-0.39, 0.29) is 0 Å². The summed E-state index contributed by atoms with van der Waals surface area (Å²) in [6, 6.07) is 0. The van der Waals surface area contributed by atoms with Gasteiger partial charge in [-0.05, 0) is 64.7 Å². The third-order valence-corrected chi connectivity index (χ3v) is 5.53. The zero-order valence-corrected chi connectivity index (χ0v) is 12.5. The number of piperidine rings is 1. The van der Waals surface area contributed by atoms with Crippen molar-refractivity contribution >= 4 is 0 Å². The number of nitrogens with one attached hydrogen (secondary N) is 1. The monoisotopic (exact) mass is 252 g/mol. The maximum absolute atomic E-state index is 3.65. The predicted octanol–water partition coefficient (Wildman–Crippen LogP) is 3.42. The highest BCUT2D eigenvalue weighted by Crippen LogP contribution is 2.31. The molecular weight excluding hydrogens is 220 g/mol. The maximum Gasteiger partial charge on any atom is 0.0190 e. The number of rotatable bonds is 5. The van der Waals surface area contributed by atoms with Gasteiger partial charge in [-0.2, -0.15) is 0 Å². The highest BCUT2D eigenvalue weighted by Gasteiger charge is 2.30. The van der Waals surface area contributed by atoms with E-state index in [4.69, 9.17) is 0 Å². The Morgan fingerprint density at radius 1 is 1.11 bits per heavy atom. The van der Waals surface area contributed by atoms with Crippen LogP contribution in [0.2, 0.25) is 0 Å². The van der Waals surface area contributed by atoms with Crippen LogP contribution in [0.4, 0.5) is 0 Å². The molecule has 106 valence electrons. The summed E-state index contributed by atoms with van der Waals surface area (Å²) < 4.78 is 0. The Morgan fingerprint density at radius 3 is 2.33 bits per heavy atom. The number of hydrogen-bond donors (Lipinski definition) is 1. The average Bonchev–Trinajstić information content (AvgIpc) is 2.47. The second-order valence-electron chi connectivity index (χ2n) is 6.53. The van der Waals surface area contributed by atoms with Crippen LogP contribution in [0, 0.1) is 5.92 Å². The summed E-state index contributed by atoms with van der Waals surface area (Å²) in [6.07, 6.45) is 12.7. The Bertz CT molecular complexity index is 225. The Balaban J connectivity index is 1.73. The zero-order valence-electron chi connectivity index (χ0n) is 12.5. The molecule has 1 aliphatic carbocycles. The van der Waals surface area contributed by atoms with Gasteiger partial charge in [0.15, 0.2) is 0 Å². The van der Waals surface area contributed by atoms with Crippen molar-refractivity contribution in [2.75, 3.05) is 26.7 Å². The van der Waals surface area contributed by atoms with Crippen molar-refractivity contribution in [1.82, 2.24) is 10.2 Å². The van der Waals surface area contributed by atoms with E-state index >= 15 is 0 Å². The van der Waals surface area contributed by atoms with E-state index in [0.717, 1.165) is 5.92 Å². The Labute approximate surface area is 114 Å². The molecule has 1 saturated heterocycles. The van der Waals surface area contributed by atoms with Gasteiger partial charge in [0.1, 0.15) is 0 Å². The molecule has 2 aliphatic rings. The van der Waals surface area contributed by atoms with Crippen molar-refractivity contribution in [3.8, 4) is 0 Å². The molecule has 0 unspecified atom stereocenters. The standard InChI is InChI=1S/C16H32N2/c1-3-15-7-12-18(13-8-15)14-11-16(17-2)9-5-4-6-10-16/h15,17H,3-14H2,1-2H3. The van der Waals surface area contributed by atoms with Gasteiger partial charge in [0.05, 0.1) is 0 Å². The molecule has 0 radical (unpaired) electrons. The molecule has 1 heterocycles. The third-order valence-electron chi connectivity index (χ3n) is 5.53. The van der Waals surface area contributed by atoms with E-state index in [1.165, 1.54) is 77.4 Å². The molecular formula is C16H32N2. The van der Waals surface area contributed by atoms with Crippen LogP contribution >= 0.6 is 0 Å². The molecule has 0 amide bonds. The largest absolute Gasteiger partial charge is 0.314 e. The number of hydrogen-bond acceptors (Lipinski definition) is 2. The van der Waals surface area contributed by atoms with Gasteiger partial charge in [0.25, 0.3) is 0 Å². The lowest BCUT2D eigenvalue weighted by Crippen LogP contribution is -2.47. The lowest BCUT2D eigenvalue weighted by atomic mass is 9.79. The van der Waals surface area contributed by atoms with Crippen molar-refractivity contribution in [2.24, 2.45) is 5.92 Å². The molecule has 2 rings (SSSR count). The number of nitrogens with zero attached hydrogens (tertiary/aromatic N) is 1. The molecule has 0 bridgehead atoms. The van der Waals surface area contributed by atoms with Crippen LogP contribution in [0.15, 0.2) is 0 Å². The van der Waals surface area contributed by atoms with Gasteiger partial charge >= 0.3 is 0 Å². The fourth-order valence-corrected chi connectivity index (χ4v) is 3.84. The van der Waals surface area contributed by atoms with Gasteiger partial charge in [-0.15, -0.1) is 0 Å². The minimum Gasteiger partial charge on any atom is -0.314 e. The van der Waals surface area contributed by atoms with E-state index in [1.54, 1.807) is 0 Å². The average molecular weight is 252 g/mol. The summed E-state index contributed by atoms with van der Waals surface area (Å²) in [5, 5.41) is 3.65. The highest BCUT2D eigenvalue weighted by atomic mass is 15.1. The van der Waals surface area contributed by atoms with Crippen LogP contribution in [0.25, 0.3) is 0 Å². The maximum atomic E-state index is 3.65. The van der Waals surface area contributed by atoms with Crippen LogP contribution in [-0.4, -0.2) is 37.1 Å². The Morgan fingerprint density at radius 2 is 1.78 bits per heavy atom. The summed E-state index contributed by atoms with van der Waals surface area (Å²) >= 11 is 0. The minimum atomic E-state index is 0.472. The second-order valence-corrected chi connectivity index (χ2v) is 6.53. The smallest absolute Gasteiger partial charge is 0.0190 e. The summed E-state index contributed by atoms with van der Waals surface area (Å²) in [4.78, 5) is 2.71. The third kappa shape index (κ3) is 3.71. The quantitative estimate of drug-likeness (QED) is 0.806. The molecule has 0 aromatic carbocycles.